The summed E-state index contributed by atoms with van der Waals surface area (Å²) in [6.07, 6.45) is -4.38. The van der Waals surface area contributed by atoms with Gasteiger partial charge in [0.15, 0.2) is 6.61 Å². The Morgan fingerprint density at radius 1 is 1.17 bits per heavy atom. The Morgan fingerprint density at radius 2 is 1.79 bits per heavy atom. The highest BCUT2D eigenvalue weighted by Gasteiger charge is 2.30. The molecule has 0 aliphatic rings. The van der Waals surface area contributed by atoms with Crippen molar-refractivity contribution in [3.63, 3.8) is 0 Å². The number of nitrogens with one attached hydrogen (secondary N) is 1. The molecule has 0 radical (unpaired) electrons. The fourth-order valence-corrected chi connectivity index (χ4v) is 2.22. The molecule has 3 nitrogen and oxygen atoms in total. The van der Waals surface area contributed by atoms with E-state index < -0.39 is 23.7 Å². The molecule has 0 fully saturated rings. The number of halogens is 4. The van der Waals surface area contributed by atoms with Crippen LogP contribution in [0.2, 0.25) is 5.02 Å². The molecule has 0 spiro atoms. The van der Waals surface area contributed by atoms with Gasteiger partial charge in [0.1, 0.15) is 5.75 Å². The summed E-state index contributed by atoms with van der Waals surface area (Å²) in [5.74, 6) is -0.0150. The average molecular weight is 358 g/mol. The molecule has 2 rings (SSSR count). The fraction of sp³-hybridized carbons (Fsp3) is 0.235. The number of amides is 1. The number of alkyl halides is 3. The lowest BCUT2D eigenvalue weighted by Crippen LogP contribution is -2.31. The van der Waals surface area contributed by atoms with E-state index in [9.17, 15) is 18.0 Å². The minimum Gasteiger partial charge on any atom is -0.482 e. The Balaban J connectivity index is 1.90. The van der Waals surface area contributed by atoms with Crippen LogP contribution in [0.1, 0.15) is 24.1 Å². The molecule has 0 aliphatic heterocycles. The van der Waals surface area contributed by atoms with E-state index in [4.69, 9.17) is 16.3 Å². The Hall–Kier alpha value is -2.21. The van der Waals surface area contributed by atoms with Crippen molar-refractivity contribution in [2.24, 2.45) is 0 Å². The van der Waals surface area contributed by atoms with Crippen molar-refractivity contribution < 1.29 is 22.7 Å². The SMILES string of the molecule is CC(NC(=O)COc1ccccc1Cl)c1ccc(C(F)(F)F)cc1. The van der Waals surface area contributed by atoms with Gasteiger partial charge in [0, 0.05) is 0 Å². The van der Waals surface area contributed by atoms with Crippen LogP contribution >= 0.6 is 11.6 Å². The maximum absolute atomic E-state index is 12.5. The lowest BCUT2D eigenvalue weighted by atomic mass is 10.1. The first kappa shape index (κ1) is 18.1. The van der Waals surface area contributed by atoms with Crippen LogP contribution in [0.5, 0.6) is 5.75 Å². The van der Waals surface area contributed by atoms with Crippen LogP contribution < -0.4 is 10.1 Å². The molecule has 0 heterocycles. The van der Waals surface area contributed by atoms with Gasteiger partial charge in [0.25, 0.3) is 5.91 Å². The number of carbonyl (C=O) groups is 1. The zero-order valence-electron chi connectivity index (χ0n) is 12.7. The third-order valence-corrected chi connectivity index (χ3v) is 3.62. The van der Waals surface area contributed by atoms with Gasteiger partial charge in [-0.3, -0.25) is 4.79 Å². The summed E-state index contributed by atoms with van der Waals surface area (Å²) in [4.78, 5) is 11.9. The van der Waals surface area contributed by atoms with Gasteiger partial charge in [0.2, 0.25) is 0 Å². The first-order valence-electron chi connectivity index (χ1n) is 7.11. The summed E-state index contributed by atoms with van der Waals surface area (Å²) in [5, 5.41) is 3.05. The molecule has 1 N–H and O–H groups in total. The quantitative estimate of drug-likeness (QED) is 0.848. The van der Waals surface area contributed by atoms with Crippen molar-refractivity contribution in [3.8, 4) is 5.75 Å². The lowest BCUT2D eigenvalue weighted by Gasteiger charge is -2.16. The van der Waals surface area contributed by atoms with E-state index in [0.717, 1.165) is 12.1 Å². The molecule has 0 aromatic heterocycles. The zero-order chi connectivity index (χ0) is 17.7. The number of ether oxygens (including phenoxy) is 1. The summed E-state index contributed by atoms with van der Waals surface area (Å²) in [5.41, 5.74) is -0.166. The molecule has 2 aromatic carbocycles. The van der Waals surface area contributed by atoms with Gasteiger partial charge in [-0.05, 0) is 36.8 Å². The van der Waals surface area contributed by atoms with Gasteiger partial charge in [-0.2, -0.15) is 13.2 Å². The van der Waals surface area contributed by atoms with Crippen LogP contribution in [0.15, 0.2) is 48.5 Å². The molecule has 1 amide bonds. The van der Waals surface area contributed by atoms with E-state index in [1.807, 2.05) is 0 Å². The Morgan fingerprint density at radius 3 is 2.38 bits per heavy atom. The van der Waals surface area contributed by atoms with Gasteiger partial charge in [-0.1, -0.05) is 35.9 Å². The van der Waals surface area contributed by atoms with Crippen LogP contribution in [0.4, 0.5) is 13.2 Å². The number of hydrogen-bond acceptors (Lipinski definition) is 2. The molecule has 0 saturated carbocycles. The summed E-state index contributed by atoms with van der Waals surface area (Å²) in [7, 11) is 0. The van der Waals surface area contributed by atoms with E-state index in [2.05, 4.69) is 5.32 Å². The normalized spacial score (nSPS) is 12.5. The molecule has 0 bridgehead atoms. The number of benzene rings is 2. The van der Waals surface area contributed by atoms with E-state index in [1.54, 1.807) is 31.2 Å². The predicted octanol–water partition coefficient (Wildman–Crippen LogP) is 4.62. The molecule has 7 heteroatoms. The highest BCUT2D eigenvalue weighted by Crippen LogP contribution is 2.30. The molecular weight excluding hydrogens is 343 g/mol. The highest BCUT2D eigenvalue weighted by molar-refractivity contribution is 6.32. The van der Waals surface area contributed by atoms with E-state index in [1.165, 1.54) is 12.1 Å². The molecule has 0 aliphatic carbocycles. The van der Waals surface area contributed by atoms with Crippen molar-refractivity contribution in [1.82, 2.24) is 5.32 Å². The zero-order valence-corrected chi connectivity index (χ0v) is 13.5. The second-order valence-electron chi connectivity index (χ2n) is 5.13. The smallest absolute Gasteiger partial charge is 0.416 e. The van der Waals surface area contributed by atoms with Crippen LogP contribution in [0.25, 0.3) is 0 Å². The van der Waals surface area contributed by atoms with Gasteiger partial charge >= 0.3 is 6.18 Å². The van der Waals surface area contributed by atoms with Crippen molar-refractivity contribution >= 4 is 17.5 Å². The molecule has 1 atom stereocenters. The first-order valence-corrected chi connectivity index (χ1v) is 7.49. The predicted molar refractivity (Wildman–Crippen MR) is 84.9 cm³/mol. The lowest BCUT2D eigenvalue weighted by molar-refractivity contribution is -0.137. The molecule has 0 saturated heterocycles. The van der Waals surface area contributed by atoms with Gasteiger partial charge < -0.3 is 10.1 Å². The van der Waals surface area contributed by atoms with Crippen molar-refractivity contribution in [1.29, 1.82) is 0 Å². The maximum Gasteiger partial charge on any atom is 0.416 e. The number of carbonyl (C=O) groups excluding carboxylic acids is 1. The van der Waals surface area contributed by atoms with Gasteiger partial charge in [-0.15, -0.1) is 0 Å². The van der Waals surface area contributed by atoms with Crippen LogP contribution in [0, 0.1) is 0 Å². The average Bonchev–Trinajstić information content (AvgIpc) is 2.53. The van der Waals surface area contributed by atoms with Crippen LogP contribution in [-0.4, -0.2) is 12.5 Å². The van der Waals surface area contributed by atoms with E-state index in [-0.39, 0.29) is 6.61 Å². The van der Waals surface area contributed by atoms with Crippen molar-refractivity contribution in [2.45, 2.75) is 19.1 Å². The van der Waals surface area contributed by atoms with Crippen LogP contribution in [0.3, 0.4) is 0 Å². The van der Waals surface area contributed by atoms with E-state index in [0.29, 0.717) is 16.3 Å². The second kappa shape index (κ2) is 7.57. The largest absolute Gasteiger partial charge is 0.482 e. The Kier molecular flexibility index (Phi) is 5.72. The molecule has 2 aromatic rings. The second-order valence-corrected chi connectivity index (χ2v) is 5.54. The van der Waals surface area contributed by atoms with Gasteiger partial charge in [-0.25, -0.2) is 0 Å². The molecule has 1 unspecified atom stereocenters. The first-order chi connectivity index (χ1) is 11.3. The fourth-order valence-electron chi connectivity index (χ4n) is 2.03. The van der Waals surface area contributed by atoms with Crippen molar-refractivity contribution in [2.75, 3.05) is 6.61 Å². The van der Waals surface area contributed by atoms with Crippen LogP contribution in [-0.2, 0) is 11.0 Å². The monoisotopic (exact) mass is 357 g/mol. The minimum absolute atomic E-state index is 0.241. The van der Waals surface area contributed by atoms with Gasteiger partial charge in [0.05, 0.1) is 16.6 Å². The third kappa shape index (κ3) is 4.89. The third-order valence-electron chi connectivity index (χ3n) is 3.31. The Bertz CT molecular complexity index is 702. The standard InChI is InChI=1S/C17H15ClF3NO2/c1-11(12-6-8-13(9-7-12)17(19,20)21)22-16(23)10-24-15-5-3-2-4-14(15)18/h2-9,11H,10H2,1H3,(H,22,23). The molecule has 24 heavy (non-hydrogen) atoms. The number of hydrogen-bond donors (Lipinski definition) is 1. The summed E-state index contributed by atoms with van der Waals surface area (Å²) in [6, 6.07) is 10.9. The van der Waals surface area contributed by atoms with Crippen molar-refractivity contribution in [3.05, 3.63) is 64.7 Å². The van der Waals surface area contributed by atoms with E-state index >= 15 is 0 Å². The number of para-hydroxylation sites is 1. The number of rotatable bonds is 5. The minimum atomic E-state index is -4.38. The molecular formula is C17H15ClF3NO2. The summed E-state index contributed by atoms with van der Waals surface area (Å²) in [6.45, 7) is 1.44. The summed E-state index contributed by atoms with van der Waals surface area (Å²) >= 11 is 5.91. The topological polar surface area (TPSA) is 38.3 Å². The Labute approximate surface area is 142 Å². The summed E-state index contributed by atoms with van der Waals surface area (Å²) < 4.78 is 42.9. The maximum atomic E-state index is 12.5. The highest BCUT2D eigenvalue weighted by atomic mass is 35.5. The molecule has 128 valence electrons.